The summed E-state index contributed by atoms with van der Waals surface area (Å²) in [5.74, 6) is 2.23. The molecule has 0 saturated carbocycles. The largest absolute Gasteiger partial charge is 0.486 e. The number of rotatable bonds is 8. The molecular formula is C24H29N5O3S. The van der Waals surface area contributed by atoms with Gasteiger partial charge in [0.1, 0.15) is 13.2 Å². The highest BCUT2D eigenvalue weighted by molar-refractivity contribution is 7.99. The van der Waals surface area contributed by atoms with Crippen LogP contribution in [0, 0.1) is 5.92 Å². The monoisotopic (exact) mass is 467 g/mol. The van der Waals surface area contributed by atoms with Gasteiger partial charge < -0.3 is 14.8 Å². The molecule has 1 aromatic heterocycles. The maximum Gasteiger partial charge on any atom is 0.230 e. The van der Waals surface area contributed by atoms with E-state index in [1.165, 1.54) is 17.3 Å². The van der Waals surface area contributed by atoms with Crippen molar-refractivity contribution in [1.82, 2.24) is 25.5 Å². The molecule has 1 unspecified atom stereocenters. The fourth-order valence-corrected chi connectivity index (χ4v) is 4.37. The average Bonchev–Trinajstić information content (AvgIpc) is 3.29. The molecule has 0 aliphatic carbocycles. The van der Waals surface area contributed by atoms with Crippen LogP contribution in [0.5, 0.6) is 11.5 Å². The standard InChI is InChI=1S/C24H29N5O3S/c1-15(2)17-5-8-19(9-6-17)29-24(26-27-28-29)33-14-22(30)25-23(16(3)4)18-7-10-20-21(13-18)32-12-11-31-20/h5-10,13,15-16,23H,11-12,14H2,1-4H3,(H,25,30). The van der Waals surface area contributed by atoms with Gasteiger partial charge in [0.2, 0.25) is 11.1 Å². The molecule has 0 bridgehead atoms. The summed E-state index contributed by atoms with van der Waals surface area (Å²) in [6, 6.07) is 13.8. The molecule has 2 aromatic carbocycles. The van der Waals surface area contributed by atoms with E-state index in [9.17, 15) is 4.79 Å². The molecule has 3 aromatic rings. The average molecular weight is 468 g/mol. The fraction of sp³-hybridized carbons (Fsp3) is 0.417. The number of aromatic nitrogens is 4. The topological polar surface area (TPSA) is 91.2 Å². The van der Waals surface area contributed by atoms with E-state index in [2.05, 4.69) is 60.7 Å². The van der Waals surface area contributed by atoms with Crippen molar-refractivity contribution < 1.29 is 14.3 Å². The molecular weight excluding hydrogens is 438 g/mol. The van der Waals surface area contributed by atoms with Crippen LogP contribution >= 0.6 is 11.8 Å². The Morgan fingerprint density at radius 1 is 1.03 bits per heavy atom. The highest BCUT2D eigenvalue weighted by atomic mass is 32.2. The summed E-state index contributed by atoms with van der Waals surface area (Å²) in [6.45, 7) is 9.55. The number of tetrazole rings is 1. The molecule has 174 valence electrons. The third kappa shape index (κ3) is 5.47. The van der Waals surface area contributed by atoms with E-state index in [-0.39, 0.29) is 23.6 Å². The lowest BCUT2D eigenvalue weighted by Gasteiger charge is -2.25. The Morgan fingerprint density at radius 3 is 2.42 bits per heavy atom. The number of fused-ring (bicyclic) bond motifs is 1. The highest BCUT2D eigenvalue weighted by Gasteiger charge is 2.22. The number of thioether (sulfide) groups is 1. The molecule has 1 aliphatic heterocycles. The Hall–Kier alpha value is -3.07. The van der Waals surface area contributed by atoms with Crippen molar-refractivity contribution in [1.29, 1.82) is 0 Å². The van der Waals surface area contributed by atoms with Crippen molar-refractivity contribution >= 4 is 17.7 Å². The third-order valence-electron chi connectivity index (χ3n) is 5.49. The number of nitrogens with one attached hydrogen (secondary N) is 1. The number of benzene rings is 2. The smallest absolute Gasteiger partial charge is 0.230 e. The molecule has 4 rings (SSSR count). The summed E-state index contributed by atoms with van der Waals surface area (Å²) in [7, 11) is 0. The Balaban J connectivity index is 1.41. The predicted molar refractivity (Wildman–Crippen MR) is 127 cm³/mol. The van der Waals surface area contributed by atoms with Gasteiger partial charge in [-0.15, -0.1) is 5.10 Å². The molecule has 1 amide bonds. The van der Waals surface area contributed by atoms with Crippen molar-refractivity contribution in [3.63, 3.8) is 0 Å². The number of hydrogen-bond donors (Lipinski definition) is 1. The molecule has 33 heavy (non-hydrogen) atoms. The molecule has 9 heteroatoms. The summed E-state index contributed by atoms with van der Waals surface area (Å²) in [5, 5.41) is 15.7. The number of hydrogen-bond acceptors (Lipinski definition) is 7. The van der Waals surface area contributed by atoms with E-state index in [0.29, 0.717) is 24.3 Å². The first-order valence-electron chi connectivity index (χ1n) is 11.1. The van der Waals surface area contributed by atoms with Gasteiger partial charge in [0, 0.05) is 0 Å². The third-order valence-corrected chi connectivity index (χ3v) is 6.41. The zero-order chi connectivity index (χ0) is 23.4. The van der Waals surface area contributed by atoms with Gasteiger partial charge in [-0.1, -0.05) is 57.7 Å². The van der Waals surface area contributed by atoms with Crippen molar-refractivity contribution in [3.05, 3.63) is 53.6 Å². The van der Waals surface area contributed by atoms with Gasteiger partial charge in [-0.3, -0.25) is 4.79 Å². The van der Waals surface area contributed by atoms with E-state index in [1.54, 1.807) is 4.68 Å². The summed E-state index contributed by atoms with van der Waals surface area (Å²) in [5.41, 5.74) is 3.10. The molecule has 0 saturated heterocycles. The van der Waals surface area contributed by atoms with Crippen LogP contribution in [0.4, 0.5) is 0 Å². The molecule has 0 spiro atoms. The quantitative estimate of drug-likeness (QED) is 0.497. The second-order valence-electron chi connectivity index (χ2n) is 8.60. The second kappa shape index (κ2) is 10.2. The molecule has 2 heterocycles. The predicted octanol–water partition coefficient (Wildman–Crippen LogP) is 4.16. The molecule has 0 fully saturated rings. The Kier molecular flexibility index (Phi) is 7.17. The first-order valence-corrected chi connectivity index (χ1v) is 12.1. The summed E-state index contributed by atoms with van der Waals surface area (Å²) in [4.78, 5) is 12.8. The van der Waals surface area contributed by atoms with E-state index in [4.69, 9.17) is 9.47 Å². The minimum atomic E-state index is -0.145. The van der Waals surface area contributed by atoms with E-state index in [0.717, 1.165) is 22.7 Å². The van der Waals surface area contributed by atoms with Crippen LogP contribution in [0.15, 0.2) is 47.6 Å². The van der Waals surface area contributed by atoms with Crippen LogP contribution < -0.4 is 14.8 Å². The van der Waals surface area contributed by atoms with Gasteiger partial charge in [-0.2, -0.15) is 4.68 Å². The lowest BCUT2D eigenvalue weighted by atomic mass is 9.95. The van der Waals surface area contributed by atoms with Crippen LogP contribution in [0.1, 0.15) is 50.8 Å². The number of ether oxygens (including phenoxy) is 2. The van der Waals surface area contributed by atoms with Crippen molar-refractivity contribution in [2.45, 2.75) is 44.8 Å². The number of amides is 1. The zero-order valence-corrected chi connectivity index (χ0v) is 20.1. The van der Waals surface area contributed by atoms with Crippen molar-refractivity contribution in [3.8, 4) is 17.2 Å². The Labute approximate surface area is 198 Å². The van der Waals surface area contributed by atoms with Crippen molar-refractivity contribution in [2.24, 2.45) is 5.92 Å². The van der Waals surface area contributed by atoms with Crippen LogP contribution in [-0.2, 0) is 4.79 Å². The maximum atomic E-state index is 12.8. The van der Waals surface area contributed by atoms with E-state index in [1.807, 2.05) is 30.3 Å². The van der Waals surface area contributed by atoms with Crippen LogP contribution in [0.2, 0.25) is 0 Å². The first kappa shape index (κ1) is 23.1. The first-order chi connectivity index (χ1) is 15.9. The van der Waals surface area contributed by atoms with E-state index >= 15 is 0 Å². The van der Waals surface area contributed by atoms with Gasteiger partial charge in [-0.05, 0) is 57.7 Å². The molecule has 1 N–H and O–H groups in total. The van der Waals surface area contributed by atoms with Crippen LogP contribution in [0.3, 0.4) is 0 Å². The minimum Gasteiger partial charge on any atom is -0.486 e. The molecule has 8 nitrogen and oxygen atoms in total. The van der Waals surface area contributed by atoms with Gasteiger partial charge >= 0.3 is 0 Å². The Bertz CT molecular complexity index is 1100. The van der Waals surface area contributed by atoms with Gasteiger partial charge in [-0.25, -0.2) is 0 Å². The maximum absolute atomic E-state index is 12.8. The van der Waals surface area contributed by atoms with Gasteiger partial charge in [0.15, 0.2) is 11.5 Å². The number of nitrogens with zero attached hydrogens (tertiary/aromatic N) is 4. The highest BCUT2D eigenvalue weighted by Crippen LogP contribution is 2.34. The lowest BCUT2D eigenvalue weighted by molar-refractivity contribution is -0.119. The summed E-state index contributed by atoms with van der Waals surface area (Å²) < 4.78 is 13.0. The van der Waals surface area contributed by atoms with Crippen LogP contribution in [-0.4, -0.2) is 45.1 Å². The van der Waals surface area contributed by atoms with Gasteiger partial charge in [0.25, 0.3) is 0 Å². The minimum absolute atomic E-state index is 0.0849. The second-order valence-corrected chi connectivity index (χ2v) is 9.54. The van der Waals surface area contributed by atoms with Gasteiger partial charge in [0.05, 0.1) is 17.5 Å². The normalized spacial score (nSPS) is 13.9. The number of carbonyl (C=O) groups is 1. The SMILES string of the molecule is CC(C)c1ccc(-n2nnnc2SCC(=O)NC(c2ccc3c(c2)OCCO3)C(C)C)cc1. The molecule has 1 atom stereocenters. The fourth-order valence-electron chi connectivity index (χ4n) is 3.66. The van der Waals surface area contributed by atoms with E-state index < -0.39 is 0 Å². The molecule has 1 aliphatic rings. The molecule has 0 radical (unpaired) electrons. The van der Waals surface area contributed by atoms with Crippen molar-refractivity contribution in [2.75, 3.05) is 19.0 Å². The lowest BCUT2D eigenvalue weighted by Crippen LogP contribution is -2.33. The van der Waals surface area contributed by atoms with Crippen LogP contribution in [0.25, 0.3) is 5.69 Å². The Morgan fingerprint density at radius 2 is 1.73 bits per heavy atom. The zero-order valence-electron chi connectivity index (χ0n) is 19.3. The number of carbonyl (C=O) groups excluding carboxylic acids is 1. The summed E-state index contributed by atoms with van der Waals surface area (Å²) >= 11 is 1.31. The summed E-state index contributed by atoms with van der Waals surface area (Å²) in [6.07, 6.45) is 0.